The minimum Gasteiger partial charge on any atom is -0.464 e. The lowest BCUT2D eigenvalue weighted by Gasteiger charge is -2.05. The molecule has 0 amide bonds. The zero-order valence-corrected chi connectivity index (χ0v) is 9.14. The first-order valence-corrected chi connectivity index (χ1v) is 4.98. The van der Waals surface area contributed by atoms with E-state index in [1.54, 1.807) is 12.3 Å². The van der Waals surface area contributed by atoms with Crippen LogP contribution in [0.3, 0.4) is 0 Å². The van der Waals surface area contributed by atoms with E-state index in [2.05, 4.69) is 15.9 Å². The highest BCUT2D eigenvalue weighted by Crippen LogP contribution is 2.30. The van der Waals surface area contributed by atoms with Crippen LogP contribution in [0.5, 0.6) is 0 Å². The summed E-state index contributed by atoms with van der Waals surface area (Å²) in [5.41, 5.74) is 1.75. The molecule has 0 radical (unpaired) electrons. The molecular formula is C11H8BrFO. The van der Waals surface area contributed by atoms with E-state index in [4.69, 9.17) is 4.42 Å². The molecular weight excluding hydrogens is 247 g/mol. The third-order valence-electron chi connectivity index (χ3n) is 2.13. The molecule has 0 aliphatic rings. The Morgan fingerprint density at radius 2 is 2.07 bits per heavy atom. The Balaban J connectivity index is 2.61. The lowest BCUT2D eigenvalue weighted by atomic mass is 10.1. The molecule has 3 heteroatoms. The molecule has 0 aliphatic carbocycles. The van der Waals surface area contributed by atoms with Gasteiger partial charge < -0.3 is 4.42 Å². The molecule has 1 aromatic carbocycles. The average Bonchev–Trinajstić information content (AvgIpc) is 2.67. The Kier molecular flexibility index (Phi) is 2.42. The molecule has 0 bridgehead atoms. The highest BCUT2D eigenvalue weighted by molar-refractivity contribution is 9.10. The Morgan fingerprint density at radius 3 is 2.71 bits per heavy atom. The van der Waals surface area contributed by atoms with Gasteiger partial charge >= 0.3 is 0 Å². The van der Waals surface area contributed by atoms with Crippen molar-refractivity contribution in [3.05, 3.63) is 46.4 Å². The first kappa shape index (κ1) is 9.46. The fraction of sp³-hybridized carbons (Fsp3) is 0.0909. The standard InChI is InChI=1S/C11H8BrFO/c1-7-8(10-3-2-6-14-10)4-5-9(13)11(7)12/h2-6H,1H3. The van der Waals surface area contributed by atoms with E-state index in [0.29, 0.717) is 4.47 Å². The Hall–Kier alpha value is -1.09. The lowest BCUT2D eigenvalue weighted by molar-refractivity contribution is 0.580. The van der Waals surface area contributed by atoms with Crippen molar-refractivity contribution in [3.63, 3.8) is 0 Å². The van der Waals surface area contributed by atoms with Crippen LogP contribution in [-0.4, -0.2) is 0 Å². The monoisotopic (exact) mass is 254 g/mol. The van der Waals surface area contributed by atoms with E-state index in [9.17, 15) is 4.39 Å². The van der Waals surface area contributed by atoms with E-state index >= 15 is 0 Å². The molecule has 0 atom stereocenters. The van der Waals surface area contributed by atoms with Crippen molar-refractivity contribution in [1.29, 1.82) is 0 Å². The minimum atomic E-state index is -0.252. The molecule has 1 nitrogen and oxygen atoms in total. The topological polar surface area (TPSA) is 13.1 Å². The summed E-state index contributed by atoms with van der Waals surface area (Å²) in [6, 6.07) is 6.81. The maximum Gasteiger partial charge on any atom is 0.137 e. The highest BCUT2D eigenvalue weighted by atomic mass is 79.9. The molecule has 0 saturated heterocycles. The van der Waals surface area contributed by atoms with E-state index in [-0.39, 0.29) is 5.82 Å². The second-order valence-corrected chi connectivity index (χ2v) is 3.80. The molecule has 0 fully saturated rings. The molecule has 0 saturated carbocycles. The molecule has 0 aliphatic heterocycles. The summed E-state index contributed by atoms with van der Waals surface area (Å²) < 4.78 is 18.9. The summed E-state index contributed by atoms with van der Waals surface area (Å²) in [5.74, 6) is 0.501. The van der Waals surface area contributed by atoms with Crippen LogP contribution in [0.15, 0.2) is 39.4 Å². The predicted octanol–water partition coefficient (Wildman–Crippen LogP) is 4.16. The van der Waals surface area contributed by atoms with Crippen molar-refractivity contribution in [2.75, 3.05) is 0 Å². The number of halogens is 2. The van der Waals surface area contributed by atoms with Gasteiger partial charge in [-0.25, -0.2) is 4.39 Å². The molecule has 14 heavy (non-hydrogen) atoms. The zero-order valence-electron chi connectivity index (χ0n) is 7.55. The first-order chi connectivity index (χ1) is 6.70. The van der Waals surface area contributed by atoms with Crippen molar-refractivity contribution < 1.29 is 8.81 Å². The van der Waals surface area contributed by atoms with Crippen molar-refractivity contribution in [2.45, 2.75) is 6.92 Å². The van der Waals surface area contributed by atoms with Gasteiger partial charge in [0.05, 0.1) is 10.7 Å². The van der Waals surface area contributed by atoms with Gasteiger partial charge in [-0.05, 0) is 52.7 Å². The van der Waals surface area contributed by atoms with Gasteiger partial charge in [0.2, 0.25) is 0 Å². The van der Waals surface area contributed by atoms with Crippen LogP contribution in [0.1, 0.15) is 5.56 Å². The summed E-state index contributed by atoms with van der Waals surface area (Å²) in [6.07, 6.45) is 1.60. The van der Waals surface area contributed by atoms with Crippen molar-refractivity contribution in [2.24, 2.45) is 0 Å². The summed E-state index contributed by atoms with van der Waals surface area (Å²) in [5, 5.41) is 0. The maximum atomic E-state index is 13.1. The van der Waals surface area contributed by atoms with E-state index in [1.807, 2.05) is 19.1 Å². The second kappa shape index (κ2) is 3.58. The van der Waals surface area contributed by atoms with Crippen molar-refractivity contribution in [3.8, 4) is 11.3 Å². The van der Waals surface area contributed by atoms with Crippen LogP contribution in [-0.2, 0) is 0 Å². The molecule has 2 rings (SSSR count). The quantitative estimate of drug-likeness (QED) is 0.745. The SMILES string of the molecule is Cc1c(-c2ccco2)ccc(F)c1Br. The third-order valence-corrected chi connectivity index (χ3v) is 3.10. The van der Waals surface area contributed by atoms with Crippen LogP contribution in [0.25, 0.3) is 11.3 Å². The Bertz CT molecular complexity index is 449. The predicted molar refractivity (Wildman–Crippen MR) is 56.5 cm³/mol. The summed E-state index contributed by atoms with van der Waals surface area (Å²) in [4.78, 5) is 0. The lowest BCUT2D eigenvalue weighted by Crippen LogP contribution is -1.86. The normalized spacial score (nSPS) is 10.5. The summed E-state index contributed by atoms with van der Waals surface area (Å²) in [7, 11) is 0. The van der Waals surface area contributed by atoms with Gasteiger partial charge in [-0.1, -0.05) is 0 Å². The van der Waals surface area contributed by atoms with E-state index in [1.165, 1.54) is 6.07 Å². The van der Waals surface area contributed by atoms with Crippen molar-refractivity contribution in [1.82, 2.24) is 0 Å². The highest BCUT2D eigenvalue weighted by Gasteiger charge is 2.10. The molecule has 1 aromatic heterocycles. The van der Waals surface area contributed by atoms with Gasteiger partial charge in [-0.15, -0.1) is 0 Å². The largest absolute Gasteiger partial charge is 0.464 e. The second-order valence-electron chi connectivity index (χ2n) is 3.01. The van der Waals surface area contributed by atoms with Crippen LogP contribution in [0.4, 0.5) is 4.39 Å². The van der Waals surface area contributed by atoms with Gasteiger partial charge in [0.15, 0.2) is 0 Å². The third kappa shape index (κ3) is 1.48. The molecule has 0 spiro atoms. The van der Waals surface area contributed by atoms with Gasteiger partial charge in [0, 0.05) is 5.56 Å². The molecule has 72 valence electrons. The zero-order chi connectivity index (χ0) is 10.1. The van der Waals surface area contributed by atoms with Crippen molar-refractivity contribution >= 4 is 15.9 Å². The fourth-order valence-electron chi connectivity index (χ4n) is 1.35. The average molecular weight is 255 g/mol. The molecule has 0 N–H and O–H groups in total. The fourth-order valence-corrected chi connectivity index (χ4v) is 1.70. The smallest absolute Gasteiger partial charge is 0.137 e. The Labute approximate surface area is 89.7 Å². The number of furan rings is 1. The Morgan fingerprint density at radius 1 is 1.29 bits per heavy atom. The summed E-state index contributed by atoms with van der Waals surface area (Å²) in [6.45, 7) is 1.85. The van der Waals surface area contributed by atoms with Gasteiger partial charge in [-0.3, -0.25) is 0 Å². The maximum absolute atomic E-state index is 13.1. The van der Waals surface area contributed by atoms with E-state index < -0.39 is 0 Å². The number of rotatable bonds is 1. The van der Waals surface area contributed by atoms with Crippen LogP contribution in [0.2, 0.25) is 0 Å². The number of benzene rings is 1. The van der Waals surface area contributed by atoms with Crippen LogP contribution < -0.4 is 0 Å². The molecule has 0 unspecified atom stereocenters. The number of hydrogen-bond donors (Lipinski definition) is 0. The minimum absolute atomic E-state index is 0.252. The van der Waals surface area contributed by atoms with Gasteiger partial charge in [0.25, 0.3) is 0 Å². The van der Waals surface area contributed by atoms with Gasteiger partial charge in [0.1, 0.15) is 11.6 Å². The van der Waals surface area contributed by atoms with E-state index in [0.717, 1.165) is 16.9 Å². The summed E-state index contributed by atoms with van der Waals surface area (Å²) >= 11 is 3.20. The van der Waals surface area contributed by atoms with Crippen LogP contribution in [0, 0.1) is 12.7 Å². The molecule has 1 heterocycles. The molecule has 2 aromatic rings. The van der Waals surface area contributed by atoms with Crippen LogP contribution >= 0.6 is 15.9 Å². The number of hydrogen-bond acceptors (Lipinski definition) is 1. The van der Waals surface area contributed by atoms with Gasteiger partial charge in [-0.2, -0.15) is 0 Å². The first-order valence-electron chi connectivity index (χ1n) is 4.18.